The van der Waals surface area contributed by atoms with Crippen LogP contribution in [0.15, 0.2) is 43.0 Å². The number of imidazole rings is 1. The lowest BCUT2D eigenvalue weighted by Gasteiger charge is -2.08. The van der Waals surface area contributed by atoms with Crippen LogP contribution in [-0.4, -0.2) is 25.7 Å². The number of benzene rings is 1. The van der Waals surface area contributed by atoms with Gasteiger partial charge in [0.2, 0.25) is 0 Å². The van der Waals surface area contributed by atoms with Crippen LogP contribution in [0.4, 0.5) is 20.2 Å². The van der Waals surface area contributed by atoms with E-state index in [4.69, 9.17) is 5.73 Å². The van der Waals surface area contributed by atoms with Crippen molar-refractivity contribution in [2.75, 3.05) is 11.1 Å². The molecule has 0 bridgehead atoms. The van der Waals surface area contributed by atoms with Gasteiger partial charge < -0.3 is 11.1 Å². The number of anilines is 2. The van der Waals surface area contributed by atoms with Crippen LogP contribution in [0, 0.1) is 11.6 Å². The van der Waals surface area contributed by atoms with Gasteiger partial charge in [0.05, 0.1) is 11.4 Å². The minimum absolute atomic E-state index is 0.00185. The monoisotopic (exact) mass is 316 g/mol. The summed E-state index contributed by atoms with van der Waals surface area (Å²) in [4.78, 5) is 15.9. The number of rotatable bonds is 3. The summed E-state index contributed by atoms with van der Waals surface area (Å²) in [6.45, 7) is 0. The standard InChI is InChI=1S/C14H10F2N6O/c15-8-5-10(17)12(6-9(8)16)19-14(23)11-1-2-13(21-20-11)22-4-3-18-7-22/h1-7H,17H2,(H,19,23). The number of carbonyl (C=O) groups excluding carboxylic acids is 1. The molecule has 0 unspecified atom stereocenters. The number of hydrogen-bond donors (Lipinski definition) is 2. The van der Waals surface area contributed by atoms with E-state index >= 15 is 0 Å². The van der Waals surface area contributed by atoms with Gasteiger partial charge in [-0.2, -0.15) is 0 Å². The third kappa shape index (κ3) is 2.98. The van der Waals surface area contributed by atoms with E-state index in [0.717, 1.165) is 12.1 Å². The van der Waals surface area contributed by atoms with Crippen LogP contribution in [0.2, 0.25) is 0 Å². The van der Waals surface area contributed by atoms with Gasteiger partial charge in [-0.25, -0.2) is 13.8 Å². The maximum absolute atomic E-state index is 13.2. The highest BCUT2D eigenvalue weighted by atomic mass is 19.2. The summed E-state index contributed by atoms with van der Waals surface area (Å²) in [6.07, 6.45) is 4.78. The molecule has 0 aliphatic heterocycles. The highest BCUT2D eigenvalue weighted by Crippen LogP contribution is 2.22. The molecular weight excluding hydrogens is 306 g/mol. The number of hydrogen-bond acceptors (Lipinski definition) is 5. The van der Waals surface area contributed by atoms with Crippen molar-refractivity contribution in [1.82, 2.24) is 19.7 Å². The van der Waals surface area contributed by atoms with Crippen LogP contribution in [0.5, 0.6) is 0 Å². The Bertz CT molecular complexity index is 848. The fourth-order valence-corrected chi connectivity index (χ4v) is 1.84. The summed E-state index contributed by atoms with van der Waals surface area (Å²) >= 11 is 0. The van der Waals surface area contributed by atoms with Gasteiger partial charge in [-0.3, -0.25) is 9.36 Å². The second-order valence-electron chi connectivity index (χ2n) is 4.55. The lowest BCUT2D eigenvalue weighted by molar-refractivity contribution is 0.102. The average molecular weight is 316 g/mol. The van der Waals surface area contributed by atoms with Crippen molar-refractivity contribution in [3.05, 3.63) is 60.3 Å². The number of nitrogens with one attached hydrogen (secondary N) is 1. The first-order chi connectivity index (χ1) is 11.0. The van der Waals surface area contributed by atoms with Gasteiger partial charge in [0, 0.05) is 24.5 Å². The quantitative estimate of drug-likeness (QED) is 0.718. The van der Waals surface area contributed by atoms with E-state index in [1.54, 1.807) is 23.0 Å². The Morgan fingerprint density at radius 1 is 1.17 bits per heavy atom. The molecule has 3 rings (SSSR count). The normalized spacial score (nSPS) is 10.5. The first-order valence-corrected chi connectivity index (χ1v) is 6.42. The molecule has 3 N–H and O–H groups in total. The molecule has 23 heavy (non-hydrogen) atoms. The molecule has 0 aliphatic carbocycles. The van der Waals surface area contributed by atoms with Crippen LogP contribution >= 0.6 is 0 Å². The van der Waals surface area contributed by atoms with Gasteiger partial charge in [-0.15, -0.1) is 10.2 Å². The smallest absolute Gasteiger partial charge is 0.276 e. The minimum Gasteiger partial charge on any atom is -0.397 e. The Kier molecular flexibility index (Phi) is 3.67. The number of amides is 1. The molecule has 0 radical (unpaired) electrons. The maximum Gasteiger partial charge on any atom is 0.276 e. The number of nitrogens with two attached hydrogens (primary N) is 1. The van der Waals surface area contributed by atoms with Crippen molar-refractivity contribution in [3.8, 4) is 5.82 Å². The molecule has 116 valence electrons. The predicted molar refractivity (Wildman–Crippen MR) is 77.9 cm³/mol. The van der Waals surface area contributed by atoms with Gasteiger partial charge in [0.25, 0.3) is 5.91 Å². The summed E-state index contributed by atoms with van der Waals surface area (Å²) in [5.74, 6) is -2.38. The molecular formula is C14H10F2N6O. The zero-order valence-electron chi connectivity index (χ0n) is 11.6. The van der Waals surface area contributed by atoms with Crippen molar-refractivity contribution >= 4 is 17.3 Å². The molecule has 0 atom stereocenters. The van der Waals surface area contributed by atoms with Gasteiger partial charge in [-0.05, 0) is 12.1 Å². The largest absolute Gasteiger partial charge is 0.397 e. The van der Waals surface area contributed by atoms with Crippen molar-refractivity contribution in [2.24, 2.45) is 0 Å². The Morgan fingerprint density at radius 3 is 2.61 bits per heavy atom. The van der Waals surface area contributed by atoms with Crippen LogP contribution in [-0.2, 0) is 0 Å². The number of nitrogen functional groups attached to an aromatic ring is 1. The Hall–Kier alpha value is -3.36. The number of nitrogens with zero attached hydrogens (tertiary/aromatic N) is 4. The third-order valence-electron chi connectivity index (χ3n) is 2.99. The van der Waals surface area contributed by atoms with E-state index in [0.29, 0.717) is 5.82 Å². The molecule has 7 nitrogen and oxygen atoms in total. The first kappa shape index (κ1) is 14.6. The molecule has 1 amide bonds. The molecule has 2 aromatic heterocycles. The van der Waals surface area contributed by atoms with E-state index < -0.39 is 17.5 Å². The molecule has 0 spiro atoms. The van der Waals surface area contributed by atoms with Crippen molar-refractivity contribution < 1.29 is 13.6 Å². The Balaban J connectivity index is 1.80. The first-order valence-electron chi connectivity index (χ1n) is 6.42. The fourth-order valence-electron chi connectivity index (χ4n) is 1.84. The van der Waals surface area contributed by atoms with Gasteiger partial charge in [-0.1, -0.05) is 0 Å². The molecule has 9 heteroatoms. The average Bonchev–Trinajstić information content (AvgIpc) is 3.07. The summed E-state index contributed by atoms with van der Waals surface area (Å²) in [6, 6.07) is 4.60. The maximum atomic E-state index is 13.2. The van der Waals surface area contributed by atoms with Crippen LogP contribution in [0.3, 0.4) is 0 Å². The predicted octanol–water partition coefficient (Wildman–Crippen LogP) is 1.78. The molecule has 2 heterocycles. The summed E-state index contributed by atoms with van der Waals surface area (Å²) in [5.41, 5.74) is 5.39. The van der Waals surface area contributed by atoms with Gasteiger partial charge in [0.1, 0.15) is 6.33 Å². The Labute approximate surface area is 128 Å². The van der Waals surface area contributed by atoms with E-state index in [2.05, 4.69) is 20.5 Å². The summed E-state index contributed by atoms with van der Waals surface area (Å²) < 4.78 is 27.8. The zero-order chi connectivity index (χ0) is 16.4. The molecule has 1 aromatic carbocycles. The summed E-state index contributed by atoms with van der Waals surface area (Å²) in [7, 11) is 0. The molecule has 0 saturated heterocycles. The fraction of sp³-hybridized carbons (Fsp3) is 0. The number of halogens is 2. The van der Waals surface area contributed by atoms with Crippen LogP contribution in [0.25, 0.3) is 5.82 Å². The second kappa shape index (κ2) is 5.79. The SMILES string of the molecule is Nc1cc(F)c(F)cc1NC(=O)c1ccc(-n2ccnc2)nn1. The topological polar surface area (TPSA) is 98.7 Å². The lowest BCUT2D eigenvalue weighted by atomic mass is 10.2. The van der Waals surface area contributed by atoms with Crippen LogP contribution < -0.4 is 11.1 Å². The van der Waals surface area contributed by atoms with Crippen molar-refractivity contribution in [2.45, 2.75) is 0 Å². The van der Waals surface area contributed by atoms with Crippen molar-refractivity contribution in [3.63, 3.8) is 0 Å². The highest BCUT2D eigenvalue weighted by molar-refractivity contribution is 6.04. The molecule has 0 aliphatic rings. The van der Waals surface area contributed by atoms with Crippen molar-refractivity contribution in [1.29, 1.82) is 0 Å². The Morgan fingerprint density at radius 2 is 1.96 bits per heavy atom. The lowest BCUT2D eigenvalue weighted by Crippen LogP contribution is -2.16. The third-order valence-corrected chi connectivity index (χ3v) is 2.99. The van der Waals surface area contributed by atoms with E-state index in [1.807, 2.05) is 0 Å². The van der Waals surface area contributed by atoms with Crippen LogP contribution in [0.1, 0.15) is 10.5 Å². The molecule has 0 fully saturated rings. The molecule has 0 saturated carbocycles. The molecule has 3 aromatic rings. The zero-order valence-corrected chi connectivity index (χ0v) is 11.6. The number of carbonyl (C=O) groups is 1. The second-order valence-corrected chi connectivity index (χ2v) is 4.55. The number of aromatic nitrogens is 4. The van der Waals surface area contributed by atoms with Gasteiger partial charge >= 0.3 is 0 Å². The van der Waals surface area contributed by atoms with E-state index in [9.17, 15) is 13.6 Å². The summed E-state index contributed by atoms with van der Waals surface area (Å²) in [5, 5.41) is 10.0. The van der Waals surface area contributed by atoms with E-state index in [-0.39, 0.29) is 17.1 Å². The van der Waals surface area contributed by atoms with E-state index in [1.165, 1.54) is 12.4 Å². The van der Waals surface area contributed by atoms with Gasteiger partial charge in [0.15, 0.2) is 23.1 Å². The minimum atomic E-state index is -1.11. The highest BCUT2D eigenvalue weighted by Gasteiger charge is 2.13.